The van der Waals surface area contributed by atoms with E-state index < -0.39 is 22.7 Å². The summed E-state index contributed by atoms with van der Waals surface area (Å²) in [5, 5.41) is 16.1. The molecule has 1 aromatic carbocycles. The normalized spacial score (nSPS) is 13.4. The van der Waals surface area contributed by atoms with Gasteiger partial charge in [0.2, 0.25) is 5.91 Å². The van der Waals surface area contributed by atoms with Gasteiger partial charge in [-0.3, -0.25) is 14.9 Å². The van der Waals surface area contributed by atoms with E-state index in [1.54, 1.807) is 32.9 Å². The van der Waals surface area contributed by atoms with E-state index in [1.807, 2.05) is 13.8 Å². The van der Waals surface area contributed by atoms with Crippen LogP contribution in [0.5, 0.6) is 0 Å². The summed E-state index contributed by atoms with van der Waals surface area (Å²) in [5.74, 6) is -0.339. The topological polar surface area (TPSA) is 111 Å². The number of nitrogens with one attached hydrogen (secondary N) is 2. The molecule has 0 aliphatic heterocycles. The van der Waals surface area contributed by atoms with E-state index in [0.29, 0.717) is 13.0 Å². The zero-order valence-corrected chi connectivity index (χ0v) is 16.6. The average Bonchev–Trinajstić information content (AvgIpc) is 2.57. The summed E-state index contributed by atoms with van der Waals surface area (Å²) in [6.45, 7) is 9.47. The van der Waals surface area contributed by atoms with Gasteiger partial charge in [-0.1, -0.05) is 32.4 Å². The molecule has 0 aliphatic carbocycles. The van der Waals surface area contributed by atoms with Crippen molar-refractivity contribution >= 4 is 17.7 Å². The Kier molecular flexibility index (Phi) is 8.21. The number of ether oxygens (including phenoxy) is 1. The van der Waals surface area contributed by atoms with E-state index in [0.717, 1.165) is 12.0 Å². The minimum absolute atomic E-state index is 0.0289. The first-order valence-corrected chi connectivity index (χ1v) is 9.04. The number of non-ortho nitro benzene ring substituents is 1. The molecule has 0 bridgehead atoms. The first-order valence-electron chi connectivity index (χ1n) is 9.04. The summed E-state index contributed by atoms with van der Waals surface area (Å²) in [4.78, 5) is 34.7. The standard InChI is InChI=1S/C19H29N3O5/c1-6-13(2)16(21-18(24)27-19(3,4)5)17(23)20-12-11-14-7-9-15(10-8-14)22(25)26/h7-10,13,16H,6,11-12H2,1-5H3,(H,20,23)(H,21,24). The van der Waals surface area contributed by atoms with Gasteiger partial charge in [0.25, 0.3) is 5.69 Å². The van der Waals surface area contributed by atoms with Crippen molar-refractivity contribution in [2.75, 3.05) is 6.54 Å². The fourth-order valence-electron chi connectivity index (χ4n) is 2.36. The van der Waals surface area contributed by atoms with Crippen molar-refractivity contribution in [3.63, 3.8) is 0 Å². The molecule has 2 amide bonds. The maximum atomic E-state index is 12.5. The van der Waals surface area contributed by atoms with Crippen LogP contribution in [-0.2, 0) is 16.0 Å². The maximum Gasteiger partial charge on any atom is 0.408 e. The van der Waals surface area contributed by atoms with Gasteiger partial charge in [-0.2, -0.15) is 0 Å². The van der Waals surface area contributed by atoms with Gasteiger partial charge >= 0.3 is 6.09 Å². The van der Waals surface area contributed by atoms with E-state index in [9.17, 15) is 19.7 Å². The lowest BCUT2D eigenvalue weighted by molar-refractivity contribution is -0.384. The van der Waals surface area contributed by atoms with Crippen LogP contribution >= 0.6 is 0 Å². The molecule has 2 unspecified atom stereocenters. The second-order valence-electron chi connectivity index (χ2n) is 7.47. The lowest BCUT2D eigenvalue weighted by Crippen LogP contribution is -2.51. The van der Waals surface area contributed by atoms with Gasteiger partial charge in [-0.15, -0.1) is 0 Å². The summed E-state index contributed by atoms with van der Waals surface area (Å²) in [7, 11) is 0. The Hall–Kier alpha value is -2.64. The molecule has 0 radical (unpaired) electrons. The largest absolute Gasteiger partial charge is 0.444 e. The van der Waals surface area contributed by atoms with E-state index in [-0.39, 0.29) is 17.5 Å². The SMILES string of the molecule is CCC(C)C(NC(=O)OC(C)(C)C)C(=O)NCCc1ccc([N+](=O)[O-])cc1. The minimum Gasteiger partial charge on any atom is -0.444 e. The molecule has 1 aromatic rings. The summed E-state index contributed by atoms with van der Waals surface area (Å²) in [5.41, 5.74) is 0.263. The summed E-state index contributed by atoms with van der Waals surface area (Å²) >= 11 is 0. The first kappa shape index (κ1) is 22.4. The van der Waals surface area contributed by atoms with Crippen LogP contribution in [0.25, 0.3) is 0 Å². The highest BCUT2D eigenvalue weighted by atomic mass is 16.6. The fourth-order valence-corrected chi connectivity index (χ4v) is 2.36. The third-order valence-corrected chi connectivity index (χ3v) is 4.03. The van der Waals surface area contributed by atoms with Gasteiger partial charge in [0.15, 0.2) is 0 Å². The quantitative estimate of drug-likeness (QED) is 0.532. The van der Waals surface area contributed by atoms with Gasteiger partial charge in [-0.05, 0) is 38.7 Å². The number of alkyl carbamates (subject to hydrolysis) is 1. The number of hydrogen-bond acceptors (Lipinski definition) is 5. The third kappa shape index (κ3) is 8.06. The highest BCUT2D eigenvalue weighted by molar-refractivity contribution is 5.85. The van der Waals surface area contributed by atoms with Crippen LogP contribution in [0.4, 0.5) is 10.5 Å². The summed E-state index contributed by atoms with van der Waals surface area (Å²) in [6, 6.07) is 5.50. The number of nitro groups is 1. The molecule has 0 saturated carbocycles. The highest BCUT2D eigenvalue weighted by Crippen LogP contribution is 2.13. The number of rotatable bonds is 8. The van der Waals surface area contributed by atoms with Crippen LogP contribution in [0.2, 0.25) is 0 Å². The molecule has 27 heavy (non-hydrogen) atoms. The summed E-state index contributed by atoms with van der Waals surface area (Å²) < 4.78 is 5.23. The molecule has 0 aromatic heterocycles. The van der Waals surface area contributed by atoms with Gasteiger partial charge in [0, 0.05) is 18.7 Å². The maximum absolute atomic E-state index is 12.5. The number of carbonyl (C=O) groups is 2. The fraction of sp³-hybridized carbons (Fsp3) is 0.579. The van der Waals surface area contributed by atoms with Crippen molar-refractivity contribution in [2.24, 2.45) is 5.92 Å². The number of hydrogen-bond donors (Lipinski definition) is 2. The zero-order valence-electron chi connectivity index (χ0n) is 16.6. The van der Waals surface area contributed by atoms with Crippen molar-refractivity contribution in [2.45, 2.75) is 59.1 Å². The molecular formula is C19H29N3O5. The van der Waals surface area contributed by atoms with Crippen LogP contribution in [-0.4, -0.2) is 35.1 Å². The molecule has 2 N–H and O–H groups in total. The van der Waals surface area contributed by atoms with Gasteiger partial charge in [0.1, 0.15) is 11.6 Å². The predicted molar refractivity (Wildman–Crippen MR) is 102 cm³/mol. The van der Waals surface area contributed by atoms with Crippen LogP contribution < -0.4 is 10.6 Å². The number of benzene rings is 1. The Labute approximate surface area is 159 Å². The Bertz CT molecular complexity index is 652. The lowest BCUT2D eigenvalue weighted by atomic mass is 9.98. The van der Waals surface area contributed by atoms with E-state index in [4.69, 9.17) is 4.74 Å². The second-order valence-corrected chi connectivity index (χ2v) is 7.47. The molecule has 150 valence electrons. The smallest absolute Gasteiger partial charge is 0.408 e. The average molecular weight is 379 g/mol. The first-order chi connectivity index (χ1) is 12.5. The molecule has 0 fully saturated rings. The van der Waals surface area contributed by atoms with Crippen LogP contribution in [0.3, 0.4) is 0 Å². The molecule has 8 heteroatoms. The molecule has 0 spiro atoms. The zero-order chi connectivity index (χ0) is 20.6. The Balaban J connectivity index is 2.60. The van der Waals surface area contributed by atoms with E-state index in [2.05, 4.69) is 10.6 Å². The van der Waals surface area contributed by atoms with Gasteiger partial charge < -0.3 is 15.4 Å². The molecule has 0 saturated heterocycles. The molecule has 1 rings (SSSR count). The summed E-state index contributed by atoms with van der Waals surface area (Å²) in [6.07, 6.45) is 0.623. The van der Waals surface area contributed by atoms with Gasteiger partial charge in [-0.25, -0.2) is 4.79 Å². The van der Waals surface area contributed by atoms with Crippen molar-refractivity contribution in [3.05, 3.63) is 39.9 Å². The highest BCUT2D eigenvalue weighted by Gasteiger charge is 2.27. The Morgan fingerprint density at radius 3 is 2.30 bits per heavy atom. The Morgan fingerprint density at radius 1 is 1.22 bits per heavy atom. The molecule has 0 aliphatic rings. The Morgan fingerprint density at radius 2 is 1.81 bits per heavy atom. The van der Waals surface area contributed by atoms with Gasteiger partial charge in [0.05, 0.1) is 4.92 Å². The van der Waals surface area contributed by atoms with Crippen LogP contribution in [0, 0.1) is 16.0 Å². The monoisotopic (exact) mass is 379 g/mol. The molecule has 8 nitrogen and oxygen atoms in total. The van der Waals surface area contributed by atoms with Crippen LogP contribution in [0.15, 0.2) is 24.3 Å². The van der Waals surface area contributed by atoms with Crippen molar-refractivity contribution < 1.29 is 19.2 Å². The number of amides is 2. The van der Waals surface area contributed by atoms with Crippen LogP contribution in [0.1, 0.15) is 46.6 Å². The molecular weight excluding hydrogens is 350 g/mol. The third-order valence-electron chi connectivity index (χ3n) is 4.03. The number of nitro benzene ring substituents is 1. The molecule has 2 atom stereocenters. The lowest BCUT2D eigenvalue weighted by Gasteiger charge is -2.26. The van der Waals surface area contributed by atoms with Crippen molar-refractivity contribution in [3.8, 4) is 0 Å². The minimum atomic E-state index is -0.693. The van der Waals surface area contributed by atoms with E-state index in [1.165, 1.54) is 12.1 Å². The van der Waals surface area contributed by atoms with Crippen molar-refractivity contribution in [1.82, 2.24) is 10.6 Å². The predicted octanol–water partition coefficient (Wildman–Crippen LogP) is 3.19. The number of nitrogens with zero attached hydrogens (tertiary/aromatic N) is 1. The number of carbonyl (C=O) groups excluding carboxylic acids is 2. The second kappa shape index (κ2) is 9.89. The molecule has 0 heterocycles. The van der Waals surface area contributed by atoms with E-state index >= 15 is 0 Å². The van der Waals surface area contributed by atoms with Crippen molar-refractivity contribution in [1.29, 1.82) is 0 Å².